The Balaban J connectivity index is 1.47. The molecule has 2 aliphatic heterocycles. The Hall–Kier alpha value is -2.51. The monoisotopic (exact) mass is 375 g/mol. The van der Waals surface area contributed by atoms with Crippen LogP contribution in [0.15, 0.2) is 18.3 Å². The van der Waals surface area contributed by atoms with Crippen molar-refractivity contribution < 1.29 is 14.3 Å². The van der Waals surface area contributed by atoms with E-state index in [9.17, 15) is 9.59 Å². The summed E-state index contributed by atoms with van der Waals surface area (Å²) in [4.78, 5) is 34.6. The number of hydrogen-bond donors (Lipinski definition) is 1. The van der Waals surface area contributed by atoms with E-state index in [2.05, 4.69) is 15.2 Å². The highest BCUT2D eigenvalue weighted by atomic mass is 16.6. The summed E-state index contributed by atoms with van der Waals surface area (Å²) < 4.78 is 5.38. The molecular weight excluding hydrogens is 346 g/mol. The number of carbonyl (C=O) groups excluding carboxylic acids is 2. The topological polar surface area (TPSA) is 78.0 Å². The molecule has 0 aliphatic carbocycles. The van der Waals surface area contributed by atoms with Crippen molar-refractivity contribution in [2.45, 2.75) is 39.2 Å². The third kappa shape index (κ3) is 5.24. The fourth-order valence-electron chi connectivity index (χ4n) is 3.21. The molecule has 0 unspecified atom stereocenters. The van der Waals surface area contributed by atoms with Gasteiger partial charge in [-0.1, -0.05) is 0 Å². The fraction of sp³-hybridized carbons (Fsp3) is 0.632. The number of pyridine rings is 1. The molecule has 2 saturated heterocycles. The maximum absolute atomic E-state index is 12.5. The molecule has 0 spiro atoms. The molecule has 1 aromatic rings. The van der Waals surface area contributed by atoms with Gasteiger partial charge < -0.3 is 24.8 Å². The van der Waals surface area contributed by atoms with Crippen LogP contribution in [-0.2, 0) is 4.74 Å². The first-order valence-electron chi connectivity index (χ1n) is 9.57. The van der Waals surface area contributed by atoms with Gasteiger partial charge in [0.05, 0.1) is 11.9 Å². The Morgan fingerprint density at radius 2 is 1.63 bits per heavy atom. The average molecular weight is 375 g/mol. The molecule has 1 N–H and O–H groups in total. The Labute approximate surface area is 160 Å². The van der Waals surface area contributed by atoms with Crippen LogP contribution in [0.5, 0.6) is 0 Å². The van der Waals surface area contributed by atoms with Gasteiger partial charge in [-0.3, -0.25) is 0 Å². The van der Waals surface area contributed by atoms with Gasteiger partial charge in [-0.2, -0.15) is 0 Å². The van der Waals surface area contributed by atoms with Crippen molar-refractivity contribution in [1.29, 1.82) is 0 Å². The minimum absolute atomic E-state index is 0.172. The highest BCUT2D eigenvalue weighted by Crippen LogP contribution is 2.19. The van der Waals surface area contributed by atoms with E-state index in [1.54, 1.807) is 16.0 Å². The minimum Gasteiger partial charge on any atom is -0.444 e. The van der Waals surface area contributed by atoms with Gasteiger partial charge in [-0.05, 0) is 45.7 Å². The van der Waals surface area contributed by atoms with E-state index in [0.29, 0.717) is 31.9 Å². The Morgan fingerprint density at radius 1 is 1.00 bits per heavy atom. The first-order valence-corrected chi connectivity index (χ1v) is 9.57. The van der Waals surface area contributed by atoms with Crippen molar-refractivity contribution in [2.24, 2.45) is 0 Å². The highest BCUT2D eigenvalue weighted by Gasteiger charge is 2.27. The lowest BCUT2D eigenvalue weighted by molar-refractivity contribution is 0.0174. The molecule has 8 heteroatoms. The van der Waals surface area contributed by atoms with Crippen molar-refractivity contribution in [1.82, 2.24) is 14.8 Å². The van der Waals surface area contributed by atoms with Gasteiger partial charge in [0.1, 0.15) is 11.4 Å². The molecule has 27 heavy (non-hydrogen) atoms. The normalized spacial score (nSPS) is 17.8. The van der Waals surface area contributed by atoms with E-state index >= 15 is 0 Å². The fourth-order valence-corrected chi connectivity index (χ4v) is 3.21. The molecule has 148 valence electrons. The maximum Gasteiger partial charge on any atom is 0.410 e. The average Bonchev–Trinajstić information content (AvgIpc) is 3.16. The molecule has 3 rings (SSSR count). The maximum atomic E-state index is 12.5. The largest absolute Gasteiger partial charge is 0.444 e. The summed E-state index contributed by atoms with van der Waals surface area (Å²) in [6.07, 6.45) is 3.78. The number of carbonyl (C=O) groups is 2. The molecule has 1 aromatic heterocycles. The number of nitrogens with zero attached hydrogens (tertiary/aromatic N) is 4. The van der Waals surface area contributed by atoms with Crippen LogP contribution in [0.4, 0.5) is 21.1 Å². The second-order valence-corrected chi connectivity index (χ2v) is 7.98. The molecule has 0 bridgehead atoms. The standard InChI is InChI=1S/C19H29N5O3/c1-19(2,3)27-18(26)24-12-10-23(11-13-24)17(25)21-15-6-7-16(20-14-15)22-8-4-5-9-22/h6-7,14H,4-5,8-13H2,1-3H3,(H,21,25). The molecule has 0 aromatic carbocycles. The molecule has 0 saturated carbocycles. The molecule has 8 nitrogen and oxygen atoms in total. The van der Waals surface area contributed by atoms with Gasteiger partial charge in [0.25, 0.3) is 0 Å². The summed E-state index contributed by atoms with van der Waals surface area (Å²) in [7, 11) is 0. The van der Waals surface area contributed by atoms with Crippen molar-refractivity contribution in [2.75, 3.05) is 49.5 Å². The molecule has 0 atom stereocenters. The Morgan fingerprint density at radius 3 is 2.19 bits per heavy atom. The van der Waals surface area contributed by atoms with Crippen LogP contribution in [-0.4, -0.2) is 71.8 Å². The van der Waals surface area contributed by atoms with Crippen LogP contribution >= 0.6 is 0 Å². The minimum atomic E-state index is -0.514. The lowest BCUT2D eigenvalue weighted by atomic mass is 10.2. The zero-order chi connectivity index (χ0) is 19.4. The van der Waals surface area contributed by atoms with Crippen LogP contribution in [0.25, 0.3) is 0 Å². The zero-order valence-corrected chi connectivity index (χ0v) is 16.4. The number of urea groups is 1. The second kappa shape index (κ2) is 8.02. The van der Waals surface area contributed by atoms with Crippen LogP contribution in [0.1, 0.15) is 33.6 Å². The van der Waals surface area contributed by atoms with E-state index in [1.165, 1.54) is 12.8 Å². The molecule has 2 fully saturated rings. The number of piperazine rings is 1. The Kier molecular flexibility index (Phi) is 5.72. The summed E-state index contributed by atoms with van der Waals surface area (Å²) in [5.41, 5.74) is 0.164. The molecule has 2 aliphatic rings. The van der Waals surface area contributed by atoms with Crippen LogP contribution in [0, 0.1) is 0 Å². The van der Waals surface area contributed by atoms with Gasteiger partial charge in [0, 0.05) is 39.3 Å². The predicted molar refractivity (Wildman–Crippen MR) is 104 cm³/mol. The molecule has 3 amide bonds. The van der Waals surface area contributed by atoms with Crippen LogP contribution in [0.3, 0.4) is 0 Å². The van der Waals surface area contributed by atoms with E-state index in [1.807, 2.05) is 32.9 Å². The quantitative estimate of drug-likeness (QED) is 0.860. The first kappa shape index (κ1) is 19.3. The third-order valence-electron chi connectivity index (χ3n) is 4.65. The van der Waals surface area contributed by atoms with E-state index < -0.39 is 5.60 Å². The van der Waals surface area contributed by atoms with E-state index in [0.717, 1.165) is 18.9 Å². The molecular formula is C19H29N5O3. The molecule has 0 radical (unpaired) electrons. The summed E-state index contributed by atoms with van der Waals surface area (Å²) >= 11 is 0. The summed E-state index contributed by atoms with van der Waals surface area (Å²) in [5.74, 6) is 0.955. The van der Waals surface area contributed by atoms with Gasteiger partial charge in [-0.25, -0.2) is 14.6 Å². The second-order valence-electron chi connectivity index (χ2n) is 7.98. The van der Waals surface area contributed by atoms with Gasteiger partial charge >= 0.3 is 12.1 Å². The summed E-state index contributed by atoms with van der Waals surface area (Å²) in [5, 5.41) is 2.88. The highest BCUT2D eigenvalue weighted by molar-refractivity contribution is 5.89. The number of aromatic nitrogens is 1. The number of rotatable bonds is 2. The van der Waals surface area contributed by atoms with Crippen molar-refractivity contribution in [3.63, 3.8) is 0 Å². The van der Waals surface area contributed by atoms with Crippen LogP contribution < -0.4 is 10.2 Å². The third-order valence-corrected chi connectivity index (χ3v) is 4.65. The summed E-state index contributed by atoms with van der Waals surface area (Å²) in [6.45, 7) is 9.51. The molecule has 3 heterocycles. The first-order chi connectivity index (χ1) is 12.8. The summed E-state index contributed by atoms with van der Waals surface area (Å²) in [6, 6.07) is 3.66. The predicted octanol–water partition coefficient (Wildman–Crippen LogP) is 2.77. The van der Waals surface area contributed by atoms with Crippen molar-refractivity contribution in [3.05, 3.63) is 18.3 Å². The van der Waals surface area contributed by atoms with Gasteiger partial charge in [-0.15, -0.1) is 0 Å². The lowest BCUT2D eigenvalue weighted by Crippen LogP contribution is -2.52. The van der Waals surface area contributed by atoms with Gasteiger partial charge in [0.2, 0.25) is 0 Å². The SMILES string of the molecule is CC(C)(C)OC(=O)N1CCN(C(=O)Nc2ccc(N3CCCC3)nc2)CC1. The number of ether oxygens (including phenoxy) is 1. The Bertz CT molecular complexity index is 657. The van der Waals surface area contributed by atoms with Crippen LogP contribution in [0.2, 0.25) is 0 Å². The van der Waals surface area contributed by atoms with E-state index in [-0.39, 0.29) is 12.1 Å². The number of nitrogens with one attached hydrogen (secondary N) is 1. The number of hydrogen-bond acceptors (Lipinski definition) is 5. The number of amides is 3. The zero-order valence-electron chi connectivity index (χ0n) is 16.4. The number of anilines is 2. The van der Waals surface area contributed by atoms with Crippen molar-refractivity contribution >= 4 is 23.6 Å². The van der Waals surface area contributed by atoms with E-state index in [4.69, 9.17) is 4.74 Å². The smallest absolute Gasteiger partial charge is 0.410 e. The van der Waals surface area contributed by atoms with Gasteiger partial charge in [0.15, 0.2) is 0 Å². The lowest BCUT2D eigenvalue weighted by Gasteiger charge is -2.35. The van der Waals surface area contributed by atoms with Crippen molar-refractivity contribution in [3.8, 4) is 0 Å².